The molecular weight excluding hydrogens is 320 g/mol. The summed E-state index contributed by atoms with van der Waals surface area (Å²) in [6.45, 7) is 2.81. The highest BCUT2D eigenvalue weighted by atomic mass is 35.5. The third kappa shape index (κ3) is 4.69. The van der Waals surface area contributed by atoms with Crippen molar-refractivity contribution in [3.8, 4) is 0 Å². The molecule has 0 heterocycles. The Labute approximate surface area is 127 Å². The highest BCUT2D eigenvalue weighted by molar-refractivity contribution is 7.89. The van der Waals surface area contributed by atoms with Gasteiger partial charge in [-0.25, -0.2) is 17.9 Å². The molecule has 0 aromatic heterocycles. The molecule has 3 N–H and O–H groups in total. The van der Waals surface area contributed by atoms with E-state index >= 15 is 0 Å². The van der Waals surface area contributed by atoms with Crippen LogP contribution in [0.3, 0.4) is 0 Å². The third-order valence-corrected chi connectivity index (χ3v) is 4.44. The Kier molecular flexibility index (Phi) is 5.70. The predicted molar refractivity (Wildman–Crippen MR) is 77.0 cm³/mol. The number of aromatic carboxylic acids is 1. The van der Waals surface area contributed by atoms with E-state index in [0.717, 1.165) is 0 Å². The zero-order valence-electron chi connectivity index (χ0n) is 11.4. The molecule has 1 rings (SSSR count). The summed E-state index contributed by atoms with van der Waals surface area (Å²) in [4.78, 5) is 21.6. The van der Waals surface area contributed by atoms with Crippen LogP contribution >= 0.6 is 11.6 Å². The Hall–Kier alpha value is -1.64. The van der Waals surface area contributed by atoms with Gasteiger partial charge in [0.1, 0.15) is 0 Å². The second-order valence-corrected chi connectivity index (χ2v) is 6.43. The molecule has 0 radical (unpaired) electrons. The molecule has 0 aliphatic carbocycles. The molecule has 21 heavy (non-hydrogen) atoms. The minimum atomic E-state index is -3.92. The summed E-state index contributed by atoms with van der Waals surface area (Å²) < 4.78 is 26.6. The fourth-order valence-corrected chi connectivity index (χ4v) is 3.26. The Balaban J connectivity index is 3.03. The van der Waals surface area contributed by atoms with Crippen molar-refractivity contribution in [3.63, 3.8) is 0 Å². The first-order valence-corrected chi connectivity index (χ1v) is 7.79. The largest absolute Gasteiger partial charge is 0.478 e. The summed E-state index contributed by atoms with van der Waals surface area (Å²) in [5.74, 6) is -1.54. The summed E-state index contributed by atoms with van der Waals surface area (Å²) in [6.07, 6.45) is 0. The second kappa shape index (κ2) is 6.88. The number of hydrogen-bond donors (Lipinski definition) is 3. The van der Waals surface area contributed by atoms with E-state index in [1.54, 1.807) is 0 Å². The highest BCUT2D eigenvalue weighted by Gasteiger charge is 2.21. The minimum absolute atomic E-state index is 0.0141. The molecule has 1 amide bonds. The smallest absolute Gasteiger partial charge is 0.336 e. The zero-order valence-corrected chi connectivity index (χ0v) is 13.0. The average molecular weight is 335 g/mol. The van der Waals surface area contributed by atoms with E-state index in [0.29, 0.717) is 0 Å². The van der Waals surface area contributed by atoms with Crippen LogP contribution < -0.4 is 10.0 Å². The molecule has 1 aromatic carbocycles. The van der Waals surface area contributed by atoms with Crippen LogP contribution in [-0.4, -0.2) is 38.5 Å². The van der Waals surface area contributed by atoms with Gasteiger partial charge in [0.05, 0.1) is 10.5 Å². The van der Waals surface area contributed by atoms with Crippen molar-refractivity contribution < 1.29 is 23.1 Å². The lowest BCUT2D eigenvalue weighted by molar-refractivity contribution is -0.118. The monoisotopic (exact) mass is 334 g/mol. The van der Waals surface area contributed by atoms with Gasteiger partial charge >= 0.3 is 5.97 Å². The van der Waals surface area contributed by atoms with E-state index in [4.69, 9.17) is 16.7 Å². The summed E-state index contributed by atoms with van der Waals surface area (Å²) in [7, 11) is -3.92. The first-order valence-electron chi connectivity index (χ1n) is 5.92. The van der Waals surface area contributed by atoms with Crippen LogP contribution in [-0.2, 0) is 14.8 Å². The number of carbonyl (C=O) groups is 2. The van der Waals surface area contributed by atoms with E-state index in [-0.39, 0.29) is 40.0 Å². The number of carbonyl (C=O) groups excluding carboxylic acids is 1. The van der Waals surface area contributed by atoms with Crippen LogP contribution in [0.1, 0.15) is 22.8 Å². The number of amides is 1. The van der Waals surface area contributed by atoms with Crippen molar-refractivity contribution in [2.45, 2.75) is 18.7 Å². The van der Waals surface area contributed by atoms with Gasteiger partial charge < -0.3 is 10.4 Å². The fourth-order valence-electron chi connectivity index (χ4n) is 1.66. The molecule has 1 aromatic rings. The summed E-state index contributed by atoms with van der Waals surface area (Å²) >= 11 is 5.76. The van der Waals surface area contributed by atoms with Crippen molar-refractivity contribution in [2.24, 2.45) is 0 Å². The summed E-state index contributed by atoms with van der Waals surface area (Å²) in [6, 6.07) is 2.37. The Morgan fingerprint density at radius 3 is 2.43 bits per heavy atom. The predicted octanol–water partition coefficient (Wildman–Crippen LogP) is 0.761. The number of carboxylic acids is 1. The third-order valence-electron chi connectivity index (χ3n) is 2.64. The maximum atomic E-state index is 12.1. The second-order valence-electron chi connectivity index (χ2n) is 4.26. The molecule has 0 saturated carbocycles. The maximum absolute atomic E-state index is 12.1. The molecule has 0 atom stereocenters. The molecule has 0 fully saturated rings. The molecule has 0 bridgehead atoms. The quantitative estimate of drug-likeness (QED) is 0.665. The van der Waals surface area contributed by atoms with E-state index in [1.165, 1.54) is 26.0 Å². The van der Waals surface area contributed by atoms with Gasteiger partial charge in [0.15, 0.2) is 0 Å². The highest BCUT2D eigenvalue weighted by Crippen LogP contribution is 2.24. The van der Waals surface area contributed by atoms with Crippen molar-refractivity contribution >= 4 is 33.5 Å². The SMILES string of the molecule is CC(=O)NCCNS(=O)(=O)c1cc(Cl)cc(C(=O)O)c1C. The number of rotatable bonds is 6. The molecule has 116 valence electrons. The number of nitrogens with one attached hydrogen (secondary N) is 2. The van der Waals surface area contributed by atoms with Crippen LogP contribution in [0.4, 0.5) is 0 Å². The topological polar surface area (TPSA) is 113 Å². The zero-order chi connectivity index (χ0) is 16.2. The molecular formula is C12H15ClN2O5S. The van der Waals surface area contributed by atoms with E-state index in [1.807, 2.05) is 0 Å². The van der Waals surface area contributed by atoms with Crippen LogP contribution in [0, 0.1) is 6.92 Å². The molecule has 0 aliphatic rings. The molecule has 0 unspecified atom stereocenters. The lowest BCUT2D eigenvalue weighted by atomic mass is 10.1. The van der Waals surface area contributed by atoms with Crippen molar-refractivity contribution in [2.75, 3.05) is 13.1 Å². The summed E-state index contributed by atoms with van der Waals surface area (Å²) in [5, 5.41) is 11.5. The number of carboxylic acid groups (broad SMARTS) is 1. The Bertz CT molecular complexity index is 672. The Morgan fingerprint density at radius 1 is 1.29 bits per heavy atom. The van der Waals surface area contributed by atoms with Gasteiger partial charge in [-0.1, -0.05) is 11.6 Å². The summed E-state index contributed by atoms with van der Waals surface area (Å²) in [5.41, 5.74) is -0.0799. The number of halogens is 1. The minimum Gasteiger partial charge on any atom is -0.478 e. The molecule has 0 aliphatic heterocycles. The van der Waals surface area contributed by atoms with Crippen molar-refractivity contribution in [3.05, 3.63) is 28.3 Å². The standard InChI is InChI=1S/C12H15ClN2O5S/c1-7-10(12(17)18)5-9(13)6-11(7)21(19,20)15-4-3-14-8(2)16/h5-6,15H,3-4H2,1-2H3,(H,14,16)(H,17,18). The lowest BCUT2D eigenvalue weighted by Crippen LogP contribution is -2.34. The van der Waals surface area contributed by atoms with Gasteiger partial charge in [0, 0.05) is 25.0 Å². The first-order chi connectivity index (χ1) is 9.65. The molecule has 0 saturated heterocycles. The van der Waals surface area contributed by atoms with E-state index in [9.17, 15) is 18.0 Å². The van der Waals surface area contributed by atoms with Gasteiger partial charge in [-0.2, -0.15) is 0 Å². The molecule has 7 nitrogen and oxygen atoms in total. The van der Waals surface area contributed by atoms with Crippen LogP contribution in [0.15, 0.2) is 17.0 Å². The van der Waals surface area contributed by atoms with E-state index < -0.39 is 16.0 Å². The van der Waals surface area contributed by atoms with E-state index in [2.05, 4.69) is 10.0 Å². The van der Waals surface area contributed by atoms with Gasteiger partial charge in [-0.15, -0.1) is 0 Å². The Morgan fingerprint density at radius 2 is 1.90 bits per heavy atom. The van der Waals surface area contributed by atoms with Crippen molar-refractivity contribution in [1.29, 1.82) is 0 Å². The van der Waals surface area contributed by atoms with Gasteiger partial charge in [0.25, 0.3) is 0 Å². The van der Waals surface area contributed by atoms with Gasteiger partial charge in [0.2, 0.25) is 15.9 Å². The number of benzene rings is 1. The van der Waals surface area contributed by atoms with Crippen LogP contribution in [0.2, 0.25) is 5.02 Å². The average Bonchev–Trinajstić information content (AvgIpc) is 2.36. The molecule has 9 heteroatoms. The fraction of sp³-hybridized carbons (Fsp3) is 0.333. The molecule has 0 spiro atoms. The van der Waals surface area contributed by atoms with Gasteiger partial charge in [-0.3, -0.25) is 4.79 Å². The van der Waals surface area contributed by atoms with Gasteiger partial charge in [-0.05, 0) is 24.6 Å². The first kappa shape index (κ1) is 17.4. The lowest BCUT2D eigenvalue weighted by Gasteiger charge is -2.12. The normalized spacial score (nSPS) is 11.2. The maximum Gasteiger partial charge on any atom is 0.336 e. The number of sulfonamides is 1. The number of hydrogen-bond acceptors (Lipinski definition) is 4. The van der Waals surface area contributed by atoms with Crippen molar-refractivity contribution in [1.82, 2.24) is 10.0 Å². The van der Waals surface area contributed by atoms with Crippen LogP contribution in [0.25, 0.3) is 0 Å². The van der Waals surface area contributed by atoms with Crippen LogP contribution in [0.5, 0.6) is 0 Å².